The van der Waals surface area contributed by atoms with Gasteiger partial charge in [0.2, 0.25) is 0 Å². The van der Waals surface area contributed by atoms with Crippen LogP contribution in [-0.4, -0.2) is 25.2 Å². The Morgan fingerprint density at radius 2 is 2.22 bits per heavy atom. The summed E-state index contributed by atoms with van der Waals surface area (Å²) in [5.41, 5.74) is 5.63. The summed E-state index contributed by atoms with van der Waals surface area (Å²) in [4.78, 5) is 22.3. The molecule has 0 bridgehead atoms. The zero-order valence-corrected chi connectivity index (χ0v) is 11.6. The molecule has 0 aliphatic heterocycles. The SMILES string of the molecule is CS(=O)c1sc(N)nc1-c1occc1P(=O)(O)O. The number of nitrogens with two attached hydrogens (primary N) is 1. The zero-order chi connectivity index (χ0) is 13.5. The molecule has 2 aromatic heterocycles. The smallest absolute Gasteiger partial charge is 0.360 e. The Kier molecular flexibility index (Phi) is 3.43. The van der Waals surface area contributed by atoms with E-state index in [2.05, 4.69) is 4.98 Å². The maximum Gasteiger partial charge on any atom is 0.360 e. The first-order valence-corrected chi connectivity index (χ1v) is 8.53. The average Bonchev–Trinajstić information content (AvgIpc) is 2.80. The van der Waals surface area contributed by atoms with Crippen molar-refractivity contribution in [3.05, 3.63) is 12.3 Å². The van der Waals surface area contributed by atoms with Gasteiger partial charge in [-0.3, -0.25) is 8.77 Å². The van der Waals surface area contributed by atoms with Gasteiger partial charge in [-0.15, -0.1) is 0 Å². The second kappa shape index (κ2) is 4.60. The fourth-order valence-corrected chi connectivity index (χ4v) is 3.75. The van der Waals surface area contributed by atoms with Crippen LogP contribution in [0.5, 0.6) is 0 Å². The molecular formula is C8H9N2O5PS2. The maximum absolute atomic E-state index is 11.5. The molecule has 98 valence electrons. The first-order chi connectivity index (χ1) is 8.30. The van der Waals surface area contributed by atoms with Crippen LogP contribution in [0.2, 0.25) is 0 Å². The molecule has 7 nitrogen and oxygen atoms in total. The van der Waals surface area contributed by atoms with Gasteiger partial charge in [0, 0.05) is 6.26 Å². The van der Waals surface area contributed by atoms with Gasteiger partial charge in [-0.1, -0.05) is 11.3 Å². The predicted octanol–water partition coefficient (Wildman–Crippen LogP) is 0.526. The van der Waals surface area contributed by atoms with Gasteiger partial charge < -0.3 is 19.9 Å². The van der Waals surface area contributed by atoms with Gasteiger partial charge >= 0.3 is 7.60 Å². The molecule has 0 fully saturated rings. The monoisotopic (exact) mass is 308 g/mol. The number of anilines is 1. The van der Waals surface area contributed by atoms with Crippen molar-refractivity contribution in [2.24, 2.45) is 0 Å². The molecular weight excluding hydrogens is 299 g/mol. The third-order valence-corrected chi connectivity index (χ3v) is 5.38. The molecule has 1 unspecified atom stereocenters. The maximum atomic E-state index is 11.5. The molecule has 0 amide bonds. The standard InChI is InChI=1S/C8H9N2O5PS2/c1-18(14)7-5(10-8(9)17-7)6-4(2-3-15-6)16(11,12)13/h2-3H,1H3,(H2,9,10)(H2,11,12,13). The third-order valence-electron chi connectivity index (χ3n) is 2.05. The summed E-state index contributed by atoms with van der Waals surface area (Å²) in [5.74, 6) is -0.0958. The lowest BCUT2D eigenvalue weighted by molar-refractivity contribution is 0.387. The minimum absolute atomic E-state index is 0.0958. The summed E-state index contributed by atoms with van der Waals surface area (Å²) in [7, 11) is -5.86. The van der Waals surface area contributed by atoms with Crippen molar-refractivity contribution in [2.75, 3.05) is 12.0 Å². The van der Waals surface area contributed by atoms with Crippen LogP contribution in [0.3, 0.4) is 0 Å². The van der Waals surface area contributed by atoms with Gasteiger partial charge in [0.05, 0.1) is 17.1 Å². The van der Waals surface area contributed by atoms with Gasteiger partial charge in [-0.2, -0.15) is 0 Å². The highest BCUT2D eigenvalue weighted by Gasteiger charge is 2.29. The Balaban J connectivity index is 2.67. The van der Waals surface area contributed by atoms with Crippen LogP contribution < -0.4 is 11.0 Å². The van der Waals surface area contributed by atoms with Crippen molar-refractivity contribution < 1.29 is 23.0 Å². The van der Waals surface area contributed by atoms with Crippen molar-refractivity contribution in [2.45, 2.75) is 4.21 Å². The van der Waals surface area contributed by atoms with E-state index in [-0.39, 0.29) is 21.9 Å². The van der Waals surface area contributed by atoms with Crippen LogP contribution in [0.25, 0.3) is 11.5 Å². The second-order valence-electron chi connectivity index (χ2n) is 3.32. The number of nitrogens with zero attached hydrogens (tertiary/aromatic N) is 1. The highest BCUT2D eigenvalue weighted by molar-refractivity contribution is 7.86. The lowest BCUT2D eigenvalue weighted by Crippen LogP contribution is -2.05. The number of rotatable bonds is 3. The van der Waals surface area contributed by atoms with E-state index in [9.17, 15) is 18.6 Å². The summed E-state index contributed by atoms with van der Waals surface area (Å²) in [5, 5.41) is -0.136. The van der Waals surface area contributed by atoms with Gasteiger partial charge in [0.25, 0.3) is 0 Å². The Morgan fingerprint density at radius 3 is 2.78 bits per heavy atom. The lowest BCUT2D eigenvalue weighted by atomic mass is 10.4. The first kappa shape index (κ1) is 13.4. The minimum atomic E-state index is -4.48. The van der Waals surface area contributed by atoms with Crippen molar-refractivity contribution in [1.82, 2.24) is 4.98 Å². The first-order valence-electron chi connectivity index (χ1n) is 4.54. The van der Waals surface area contributed by atoms with Crippen LogP contribution in [0.4, 0.5) is 5.13 Å². The number of hydrogen-bond donors (Lipinski definition) is 3. The molecule has 4 N–H and O–H groups in total. The number of furan rings is 1. The van der Waals surface area contributed by atoms with E-state index in [1.165, 1.54) is 6.26 Å². The number of nitrogen functional groups attached to an aromatic ring is 1. The molecule has 0 aliphatic rings. The van der Waals surface area contributed by atoms with Gasteiger partial charge in [-0.05, 0) is 6.07 Å². The van der Waals surface area contributed by atoms with Crippen molar-refractivity contribution in [3.8, 4) is 11.5 Å². The summed E-state index contributed by atoms with van der Waals surface area (Å²) in [6.45, 7) is 0. The number of hydrogen-bond acceptors (Lipinski definition) is 6. The lowest BCUT2D eigenvalue weighted by Gasteiger charge is -2.03. The molecule has 0 radical (unpaired) electrons. The molecule has 0 saturated heterocycles. The van der Waals surface area contributed by atoms with E-state index < -0.39 is 18.4 Å². The fourth-order valence-electron chi connectivity index (χ4n) is 1.37. The van der Waals surface area contributed by atoms with E-state index >= 15 is 0 Å². The summed E-state index contributed by atoms with van der Waals surface area (Å²) < 4.78 is 28.2. The van der Waals surface area contributed by atoms with Crippen molar-refractivity contribution in [3.63, 3.8) is 0 Å². The van der Waals surface area contributed by atoms with Crippen LogP contribution in [0, 0.1) is 0 Å². The molecule has 0 aromatic carbocycles. The van der Waals surface area contributed by atoms with Crippen LogP contribution in [0.1, 0.15) is 0 Å². The Labute approximate surface area is 108 Å². The van der Waals surface area contributed by atoms with E-state index in [4.69, 9.17) is 10.2 Å². The normalized spacial score (nSPS) is 13.7. The van der Waals surface area contributed by atoms with Crippen LogP contribution in [-0.2, 0) is 15.4 Å². The quantitative estimate of drug-likeness (QED) is 0.706. The number of thiazole rings is 1. The molecule has 2 heterocycles. The molecule has 2 aromatic rings. The average molecular weight is 308 g/mol. The highest BCUT2D eigenvalue weighted by atomic mass is 32.2. The summed E-state index contributed by atoms with van der Waals surface area (Å²) >= 11 is 0.994. The van der Waals surface area contributed by atoms with Gasteiger partial charge in [-0.25, -0.2) is 4.98 Å². The van der Waals surface area contributed by atoms with Crippen LogP contribution >= 0.6 is 18.9 Å². The van der Waals surface area contributed by atoms with E-state index in [0.717, 1.165) is 23.7 Å². The minimum Gasteiger partial charge on any atom is -0.462 e. The third kappa shape index (κ3) is 2.40. The largest absolute Gasteiger partial charge is 0.462 e. The van der Waals surface area contributed by atoms with Crippen molar-refractivity contribution in [1.29, 1.82) is 0 Å². The molecule has 18 heavy (non-hydrogen) atoms. The van der Waals surface area contributed by atoms with Crippen molar-refractivity contribution >= 4 is 40.2 Å². The number of aromatic nitrogens is 1. The second-order valence-corrected chi connectivity index (χ2v) is 7.50. The zero-order valence-electron chi connectivity index (χ0n) is 9.06. The molecule has 0 spiro atoms. The fraction of sp³-hybridized carbons (Fsp3) is 0.125. The molecule has 0 saturated carbocycles. The van der Waals surface area contributed by atoms with E-state index in [0.29, 0.717) is 4.21 Å². The topological polar surface area (TPSA) is 127 Å². The Morgan fingerprint density at radius 1 is 1.56 bits per heavy atom. The van der Waals surface area contributed by atoms with Crippen LogP contribution in [0.15, 0.2) is 21.0 Å². The van der Waals surface area contributed by atoms with E-state index in [1.54, 1.807) is 0 Å². The Hall–Kier alpha value is -0.990. The molecule has 10 heteroatoms. The molecule has 0 aliphatic carbocycles. The molecule has 2 rings (SSSR count). The summed E-state index contributed by atoms with van der Waals surface area (Å²) in [6, 6.07) is 1.16. The highest BCUT2D eigenvalue weighted by Crippen LogP contribution is 2.40. The Bertz CT molecular complexity index is 658. The van der Waals surface area contributed by atoms with Gasteiger partial charge in [0.1, 0.15) is 15.2 Å². The van der Waals surface area contributed by atoms with E-state index in [1.807, 2.05) is 0 Å². The van der Waals surface area contributed by atoms with Gasteiger partial charge in [0.15, 0.2) is 10.9 Å². The molecule has 1 atom stereocenters. The predicted molar refractivity (Wildman–Crippen MR) is 68.2 cm³/mol. The summed E-state index contributed by atoms with van der Waals surface area (Å²) in [6.07, 6.45) is 2.57.